The number of hydrogen-bond donors (Lipinski definition) is 1. The second-order valence-corrected chi connectivity index (χ2v) is 4.36. The fourth-order valence-corrected chi connectivity index (χ4v) is 2.11. The van der Waals surface area contributed by atoms with Crippen molar-refractivity contribution in [1.29, 1.82) is 0 Å². The quantitative estimate of drug-likeness (QED) is 0.691. The van der Waals surface area contributed by atoms with Gasteiger partial charge < -0.3 is 15.0 Å². The lowest BCUT2D eigenvalue weighted by Crippen LogP contribution is -2.59. The van der Waals surface area contributed by atoms with Crippen molar-refractivity contribution in [2.75, 3.05) is 54.0 Å². The van der Waals surface area contributed by atoms with Gasteiger partial charge in [-0.05, 0) is 28.1 Å². The molecule has 90 valence electrons. The van der Waals surface area contributed by atoms with E-state index in [4.69, 9.17) is 4.74 Å². The molecule has 2 unspecified atom stereocenters. The SMILES string of the molecule is CCOCC(NC)C1CN(C)CCN1C. The van der Waals surface area contributed by atoms with Gasteiger partial charge in [0, 0.05) is 38.3 Å². The Bertz CT molecular complexity index is 177. The average Bonchev–Trinajstić information content (AvgIpc) is 2.24. The van der Waals surface area contributed by atoms with Crippen LogP contribution < -0.4 is 5.32 Å². The second kappa shape index (κ2) is 6.43. The number of likely N-dealkylation sites (N-methyl/N-ethyl adjacent to an activating group) is 3. The van der Waals surface area contributed by atoms with Gasteiger partial charge in [0.05, 0.1) is 6.61 Å². The number of hydrogen-bond acceptors (Lipinski definition) is 4. The molecule has 0 saturated carbocycles. The minimum absolute atomic E-state index is 0.428. The summed E-state index contributed by atoms with van der Waals surface area (Å²) in [6.45, 7) is 7.07. The predicted octanol–water partition coefficient (Wildman–Crippen LogP) is -0.143. The van der Waals surface area contributed by atoms with Crippen LogP contribution in [0, 0.1) is 0 Å². The van der Waals surface area contributed by atoms with E-state index in [2.05, 4.69) is 29.2 Å². The van der Waals surface area contributed by atoms with Crippen LogP contribution in [0.25, 0.3) is 0 Å². The molecule has 1 fully saturated rings. The van der Waals surface area contributed by atoms with E-state index in [1.165, 1.54) is 0 Å². The summed E-state index contributed by atoms with van der Waals surface area (Å²) in [5.74, 6) is 0. The first-order valence-electron chi connectivity index (χ1n) is 5.82. The molecule has 0 aromatic heterocycles. The third-order valence-electron chi connectivity index (χ3n) is 3.24. The predicted molar refractivity (Wildman–Crippen MR) is 63.3 cm³/mol. The van der Waals surface area contributed by atoms with Crippen LogP contribution in [0.1, 0.15) is 6.92 Å². The zero-order chi connectivity index (χ0) is 11.3. The fourth-order valence-electron chi connectivity index (χ4n) is 2.11. The Kier molecular flexibility index (Phi) is 5.53. The third-order valence-corrected chi connectivity index (χ3v) is 3.24. The number of rotatable bonds is 5. The molecule has 4 nitrogen and oxygen atoms in total. The highest BCUT2D eigenvalue weighted by molar-refractivity contribution is 4.88. The maximum Gasteiger partial charge on any atom is 0.0635 e. The van der Waals surface area contributed by atoms with Crippen molar-refractivity contribution in [3.8, 4) is 0 Å². The van der Waals surface area contributed by atoms with Gasteiger partial charge in [0.15, 0.2) is 0 Å². The van der Waals surface area contributed by atoms with Crippen molar-refractivity contribution in [3.63, 3.8) is 0 Å². The Hall–Kier alpha value is -0.160. The van der Waals surface area contributed by atoms with Crippen LogP contribution in [-0.4, -0.2) is 75.9 Å². The van der Waals surface area contributed by atoms with Crippen LogP contribution in [0.3, 0.4) is 0 Å². The van der Waals surface area contributed by atoms with Gasteiger partial charge in [-0.15, -0.1) is 0 Å². The van der Waals surface area contributed by atoms with E-state index in [1.54, 1.807) is 0 Å². The summed E-state index contributed by atoms with van der Waals surface area (Å²) < 4.78 is 5.52. The maximum absolute atomic E-state index is 5.52. The third kappa shape index (κ3) is 3.72. The summed E-state index contributed by atoms with van der Waals surface area (Å²) in [6, 6.07) is 0.984. The van der Waals surface area contributed by atoms with Gasteiger partial charge in [-0.2, -0.15) is 0 Å². The Morgan fingerprint density at radius 2 is 2.13 bits per heavy atom. The van der Waals surface area contributed by atoms with Crippen LogP contribution in [-0.2, 0) is 4.74 Å². The zero-order valence-electron chi connectivity index (χ0n) is 10.5. The molecule has 1 rings (SSSR count). The van der Waals surface area contributed by atoms with Crippen molar-refractivity contribution < 1.29 is 4.74 Å². The highest BCUT2D eigenvalue weighted by Crippen LogP contribution is 2.10. The number of nitrogens with zero attached hydrogens (tertiary/aromatic N) is 2. The molecule has 0 spiro atoms. The second-order valence-electron chi connectivity index (χ2n) is 4.36. The molecule has 0 bridgehead atoms. The highest BCUT2D eigenvalue weighted by atomic mass is 16.5. The number of ether oxygens (including phenoxy) is 1. The highest BCUT2D eigenvalue weighted by Gasteiger charge is 2.28. The monoisotopic (exact) mass is 215 g/mol. The molecule has 0 aliphatic carbocycles. The molecule has 15 heavy (non-hydrogen) atoms. The molecule has 1 N–H and O–H groups in total. The van der Waals surface area contributed by atoms with E-state index in [0.29, 0.717) is 12.1 Å². The molecule has 1 saturated heterocycles. The van der Waals surface area contributed by atoms with Crippen molar-refractivity contribution >= 4 is 0 Å². The smallest absolute Gasteiger partial charge is 0.0635 e. The van der Waals surface area contributed by atoms with Gasteiger partial charge in [-0.3, -0.25) is 4.90 Å². The summed E-state index contributed by atoms with van der Waals surface area (Å²) >= 11 is 0. The molecule has 0 amide bonds. The molecule has 0 aromatic carbocycles. The minimum atomic E-state index is 0.428. The molecule has 1 heterocycles. The van der Waals surface area contributed by atoms with E-state index in [0.717, 1.165) is 32.8 Å². The van der Waals surface area contributed by atoms with Gasteiger partial charge in [-0.1, -0.05) is 0 Å². The Morgan fingerprint density at radius 1 is 1.40 bits per heavy atom. The van der Waals surface area contributed by atoms with Crippen molar-refractivity contribution in [3.05, 3.63) is 0 Å². The molecule has 1 aliphatic rings. The molecular formula is C11H25N3O. The normalized spacial score (nSPS) is 26.8. The fraction of sp³-hybridized carbons (Fsp3) is 1.00. The van der Waals surface area contributed by atoms with Crippen LogP contribution in [0.4, 0.5) is 0 Å². The summed E-state index contributed by atoms with van der Waals surface area (Å²) in [4.78, 5) is 4.82. The lowest BCUT2D eigenvalue weighted by molar-refractivity contribution is 0.0459. The topological polar surface area (TPSA) is 27.7 Å². The Labute approximate surface area is 93.6 Å². The molecule has 1 aliphatic heterocycles. The van der Waals surface area contributed by atoms with Crippen molar-refractivity contribution in [2.45, 2.75) is 19.0 Å². The first-order chi connectivity index (χ1) is 7.19. The summed E-state index contributed by atoms with van der Waals surface area (Å²) in [7, 11) is 6.41. The first kappa shape index (κ1) is 12.9. The summed E-state index contributed by atoms with van der Waals surface area (Å²) in [5.41, 5.74) is 0. The van der Waals surface area contributed by atoms with Gasteiger partial charge >= 0.3 is 0 Å². The first-order valence-corrected chi connectivity index (χ1v) is 5.82. The number of piperazine rings is 1. The standard InChI is InChI=1S/C11H25N3O/c1-5-15-9-10(12-2)11-8-13(3)6-7-14(11)4/h10-12H,5-9H2,1-4H3. The van der Waals surface area contributed by atoms with Crippen LogP contribution in [0.2, 0.25) is 0 Å². The lowest BCUT2D eigenvalue weighted by atomic mass is 10.1. The van der Waals surface area contributed by atoms with Crippen molar-refractivity contribution in [2.24, 2.45) is 0 Å². The van der Waals surface area contributed by atoms with Gasteiger partial charge in [0.2, 0.25) is 0 Å². The van der Waals surface area contributed by atoms with E-state index in [9.17, 15) is 0 Å². The van der Waals surface area contributed by atoms with Crippen LogP contribution >= 0.6 is 0 Å². The zero-order valence-corrected chi connectivity index (χ0v) is 10.5. The summed E-state index contributed by atoms with van der Waals surface area (Å²) in [5, 5.41) is 3.36. The maximum atomic E-state index is 5.52. The molecule has 2 atom stereocenters. The van der Waals surface area contributed by atoms with Gasteiger partial charge in [-0.25, -0.2) is 0 Å². The molecular weight excluding hydrogens is 190 g/mol. The van der Waals surface area contributed by atoms with Gasteiger partial charge in [0.1, 0.15) is 0 Å². The lowest BCUT2D eigenvalue weighted by Gasteiger charge is -2.41. The van der Waals surface area contributed by atoms with Crippen LogP contribution in [0.15, 0.2) is 0 Å². The number of nitrogens with one attached hydrogen (secondary N) is 1. The van der Waals surface area contributed by atoms with E-state index in [1.807, 2.05) is 14.0 Å². The molecule has 4 heteroatoms. The molecule has 0 aromatic rings. The van der Waals surface area contributed by atoms with E-state index in [-0.39, 0.29) is 0 Å². The Morgan fingerprint density at radius 3 is 2.73 bits per heavy atom. The van der Waals surface area contributed by atoms with E-state index < -0.39 is 0 Å². The van der Waals surface area contributed by atoms with Gasteiger partial charge in [0.25, 0.3) is 0 Å². The van der Waals surface area contributed by atoms with Crippen molar-refractivity contribution in [1.82, 2.24) is 15.1 Å². The Balaban J connectivity index is 2.48. The molecule has 0 radical (unpaired) electrons. The largest absolute Gasteiger partial charge is 0.380 e. The van der Waals surface area contributed by atoms with E-state index >= 15 is 0 Å². The summed E-state index contributed by atoms with van der Waals surface area (Å²) in [6.07, 6.45) is 0. The average molecular weight is 215 g/mol. The van der Waals surface area contributed by atoms with Crippen LogP contribution in [0.5, 0.6) is 0 Å². The minimum Gasteiger partial charge on any atom is -0.380 e.